The second kappa shape index (κ2) is 5.23. The van der Waals surface area contributed by atoms with E-state index >= 15 is 0 Å². The monoisotopic (exact) mass is 278 g/mol. The number of nitrogens with one attached hydrogen (secondary N) is 1. The van der Waals surface area contributed by atoms with Crippen LogP contribution in [-0.2, 0) is 10.0 Å². The minimum atomic E-state index is -3.65. The van der Waals surface area contributed by atoms with Gasteiger partial charge in [-0.15, -0.1) is 13.2 Å². The van der Waals surface area contributed by atoms with Crippen molar-refractivity contribution in [2.45, 2.75) is 4.90 Å². The van der Waals surface area contributed by atoms with Crippen molar-refractivity contribution in [1.29, 1.82) is 0 Å². The average molecular weight is 278 g/mol. The molecule has 1 aromatic rings. The minimum absolute atomic E-state index is 0.0982. The van der Waals surface area contributed by atoms with Crippen LogP contribution in [0.2, 0.25) is 0 Å². The summed E-state index contributed by atoms with van der Waals surface area (Å²) in [5, 5.41) is 2.91. The SMILES string of the molecule is C=CCNC1=Nc2ccncc2S(=O)(=O)N1CC=C. The summed E-state index contributed by atoms with van der Waals surface area (Å²) in [5.41, 5.74) is 0.377. The van der Waals surface area contributed by atoms with Crippen molar-refractivity contribution < 1.29 is 8.42 Å². The van der Waals surface area contributed by atoms with Gasteiger partial charge in [0, 0.05) is 18.9 Å². The van der Waals surface area contributed by atoms with Gasteiger partial charge < -0.3 is 5.32 Å². The first-order valence-electron chi connectivity index (χ1n) is 5.62. The molecule has 0 bridgehead atoms. The first kappa shape index (κ1) is 13.3. The Bertz CT molecular complexity index is 637. The molecule has 7 heteroatoms. The predicted molar refractivity (Wildman–Crippen MR) is 73.6 cm³/mol. The van der Waals surface area contributed by atoms with Gasteiger partial charge in [-0.1, -0.05) is 12.2 Å². The Labute approximate surface area is 112 Å². The van der Waals surface area contributed by atoms with Gasteiger partial charge in [-0.05, 0) is 6.07 Å². The van der Waals surface area contributed by atoms with Crippen LogP contribution in [0.3, 0.4) is 0 Å². The van der Waals surface area contributed by atoms with Crippen LogP contribution in [-0.4, -0.2) is 36.8 Å². The molecule has 100 valence electrons. The number of pyridine rings is 1. The van der Waals surface area contributed by atoms with Gasteiger partial charge in [-0.25, -0.2) is 17.7 Å². The molecule has 0 aromatic carbocycles. The van der Waals surface area contributed by atoms with E-state index in [0.717, 1.165) is 4.31 Å². The van der Waals surface area contributed by atoms with Crippen LogP contribution in [0.5, 0.6) is 0 Å². The van der Waals surface area contributed by atoms with Crippen LogP contribution in [0.25, 0.3) is 0 Å². The van der Waals surface area contributed by atoms with E-state index in [2.05, 4.69) is 28.5 Å². The van der Waals surface area contributed by atoms with E-state index in [4.69, 9.17) is 0 Å². The Balaban J connectivity index is 2.55. The maximum atomic E-state index is 12.5. The van der Waals surface area contributed by atoms with Crippen LogP contribution in [0.4, 0.5) is 5.69 Å². The first-order chi connectivity index (χ1) is 9.11. The van der Waals surface area contributed by atoms with Gasteiger partial charge in [-0.3, -0.25) is 4.98 Å². The number of hydrogen-bond donors (Lipinski definition) is 1. The number of sulfonamides is 1. The van der Waals surface area contributed by atoms with Crippen LogP contribution < -0.4 is 5.32 Å². The van der Waals surface area contributed by atoms with E-state index in [1.165, 1.54) is 18.5 Å². The number of aliphatic imine (C=N–C) groups is 1. The third-order valence-electron chi connectivity index (χ3n) is 2.49. The molecule has 19 heavy (non-hydrogen) atoms. The van der Waals surface area contributed by atoms with Crippen molar-refractivity contribution in [2.24, 2.45) is 4.99 Å². The predicted octanol–water partition coefficient (Wildman–Crippen LogP) is 1.03. The third-order valence-corrected chi connectivity index (χ3v) is 4.27. The second-order valence-corrected chi connectivity index (χ2v) is 5.60. The smallest absolute Gasteiger partial charge is 0.270 e. The van der Waals surface area contributed by atoms with E-state index in [0.29, 0.717) is 12.2 Å². The van der Waals surface area contributed by atoms with E-state index in [-0.39, 0.29) is 17.4 Å². The summed E-state index contributed by atoms with van der Waals surface area (Å²) in [4.78, 5) is 8.23. The van der Waals surface area contributed by atoms with Crippen molar-refractivity contribution in [3.05, 3.63) is 43.8 Å². The summed E-state index contributed by atoms with van der Waals surface area (Å²) >= 11 is 0. The molecule has 6 nitrogen and oxygen atoms in total. The van der Waals surface area contributed by atoms with Crippen molar-refractivity contribution in [3.8, 4) is 0 Å². The highest BCUT2D eigenvalue weighted by Gasteiger charge is 2.33. The van der Waals surface area contributed by atoms with Crippen LogP contribution >= 0.6 is 0 Å². The molecule has 0 saturated carbocycles. The molecular formula is C12H14N4O2S. The lowest BCUT2D eigenvalue weighted by atomic mass is 10.4. The molecule has 0 atom stereocenters. The Morgan fingerprint density at radius 3 is 2.84 bits per heavy atom. The fourth-order valence-corrected chi connectivity index (χ4v) is 3.10. The molecule has 1 aromatic heterocycles. The number of guanidine groups is 1. The topological polar surface area (TPSA) is 74.7 Å². The highest BCUT2D eigenvalue weighted by molar-refractivity contribution is 7.90. The van der Waals surface area contributed by atoms with Gasteiger partial charge in [0.25, 0.3) is 10.0 Å². The van der Waals surface area contributed by atoms with Crippen LogP contribution in [0, 0.1) is 0 Å². The molecule has 2 heterocycles. The lowest BCUT2D eigenvalue weighted by molar-refractivity contribution is 0.529. The van der Waals surface area contributed by atoms with E-state index in [1.807, 2.05) is 0 Å². The molecule has 0 saturated heterocycles. The Kier molecular flexibility index (Phi) is 3.66. The fourth-order valence-electron chi connectivity index (χ4n) is 1.66. The molecule has 1 N–H and O–H groups in total. The molecule has 0 amide bonds. The summed E-state index contributed by atoms with van der Waals surface area (Å²) in [6.45, 7) is 7.71. The Morgan fingerprint density at radius 1 is 1.37 bits per heavy atom. The number of nitrogens with zero attached hydrogens (tertiary/aromatic N) is 3. The lowest BCUT2D eigenvalue weighted by Crippen LogP contribution is -2.46. The summed E-state index contributed by atoms with van der Waals surface area (Å²) < 4.78 is 26.1. The summed E-state index contributed by atoms with van der Waals surface area (Å²) in [7, 11) is -3.65. The zero-order valence-electron chi connectivity index (χ0n) is 10.3. The van der Waals surface area contributed by atoms with Crippen molar-refractivity contribution >= 4 is 21.7 Å². The summed E-state index contributed by atoms with van der Waals surface area (Å²) in [6.07, 6.45) is 5.94. The van der Waals surface area contributed by atoms with Gasteiger partial charge in [-0.2, -0.15) is 0 Å². The van der Waals surface area contributed by atoms with Crippen molar-refractivity contribution in [1.82, 2.24) is 14.6 Å². The Morgan fingerprint density at radius 2 is 2.16 bits per heavy atom. The zero-order valence-corrected chi connectivity index (χ0v) is 11.1. The highest BCUT2D eigenvalue weighted by atomic mass is 32.2. The summed E-state index contributed by atoms with van der Waals surface area (Å²) in [6, 6.07) is 1.56. The van der Waals surface area contributed by atoms with Crippen molar-refractivity contribution in [3.63, 3.8) is 0 Å². The highest BCUT2D eigenvalue weighted by Crippen LogP contribution is 2.30. The normalized spacial score (nSPS) is 16.2. The largest absolute Gasteiger partial charge is 0.352 e. The number of fused-ring (bicyclic) bond motifs is 1. The maximum Gasteiger partial charge on any atom is 0.270 e. The van der Waals surface area contributed by atoms with Gasteiger partial charge >= 0.3 is 0 Å². The van der Waals surface area contributed by atoms with Crippen molar-refractivity contribution in [2.75, 3.05) is 13.1 Å². The standard InChI is InChI=1S/C12H14N4O2S/c1-3-6-14-12-15-10-5-7-13-9-11(10)19(17,18)16(12)8-4-2/h3-5,7,9H,1-2,6,8H2,(H,14,15). The molecule has 0 unspecified atom stereocenters. The lowest BCUT2D eigenvalue weighted by Gasteiger charge is -2.28. The van der Waals surface area contributed by atoms with E-state index < -0.39 is 10.0 Å². The van der Waals surface area contributed by atoms with Crippen LogP contribution in [0.1, 0.15) is 0 Å². The molecule has 0 spiro atoms. The third kappa shape index (κ3) is 2.37. The number of aromatic nitrogens is 1. The molecule has 1 aliphatic heterocycles. The van der Waals surface area contributed by atoms with Gasteiger partial charge in [0.2, 0.25) is 5.96 Å². The number of rotatable bonds is 4. The minimum Gasteiger partial charge on any atom is -0.352 e. The maximum absolute atomic E-state index is 12.5. The molecule has 0 fully saturated rings. The Hall–Kier alpha value is -2.15. The molecule has 1 aliphatic rings. The molecular weight excluding hydrogens is 264 g/mol. The van der Waals surface area contributed by atoms with Crippen LogP contribution in [0.15, 0.2) is 53.7 Å². The molecule has 0 aliphatic carbocycles. The molecule has 0 radical (unpaired) electrons. The van der Waals surface area contributed by atoms with E-state index in [9.17, 15) is 8.42 Å². The van der Waals surface area contributed by atoms with Gasteiger partial charge in [0.15, 0.2) is 0 Å². The average Bonchev–Trinajstić information content (AvgIpc) is 2.40. The van der Waals surface area contributed by atoms with E-state index in [1.54, 1.807) is 12.1 Å². The van der Waals surface area contributed by atoms with Gasteiger partial charge in [0.05, 0.1) is 12.2 Å². The summed E-state index contributed by atoms with van der Waals surface area (Å²) in [5.74, 6) is 0.263. The van der Waals surface area contributed by atoms with Gasteiger partial charge in [0.1, 0.15) is 4.90 Å². The zero-order chi connectivity index (χ0) is 13.9. The quantitative estimate of drug-likeness (QED) is 0.835. The number of hydrogen-bond acceptors (Lipinski definition) is 5. The first-order valence-corrected chi connectivity index (χ1v) is 7.06. The molecule has 2 rings (SSSR count). The fraction of sp³-hybridized carbons (Fsp3) is 0.167. The second-order valence-electron chi connectivity index (χ2n) is 3.77.